The highest BCUT2D eigenvalue weighted by Crippen LogP contribution is 2.16. The minimum atomic E-state index is -0.286. The molecule has 0 amide bonds. The summed E-state index contributed by atoms with van der Waals surface area (Å²) in [6.45, 7) is 6.48. The predicted molar refractivity (Wildman–Crippen MR) is 138 cm³/mol. The van der Waals surface area contributed by atoms with Gasteiger partial charge < -0.3 is 9.47 Å². The number of nitrogens with zero attached hydrogens (tertiary/aromatic N) is 2. The molecule has 0 fully saturated rings. The van der Waals surface area contributed by atoms with Gasteiger partial charge in [-0.2, -0.15) is 5.26 Å². The van der Waals surface area contributed by atoms with Crippen LogP contribution in [0.25, 0.3) is 0 Å². The van der Waals surface area contributed by atoms with Gasteiger partial charge in [0, 0.05) is 11.8 Å². The number of benzene rings is 2. The maximum Gasteiger partial charge on any atom is 0.333 e. The predicted octanol–water partition coefficient (Wildman–Crippen LogP) is 7.32. The summed E-state index contributed by atoms with van der Waals surface area (Å²) >= 11 is 0. The molecule has 0 aliphatic heterocycles. The molecule has 2 aromatic rings. The molecule has 5 nitrogen and oxygen atoms in total. The van der Waals surface area contributed by atoms with Gasteiger partial charge in [0.15, 0.2) is 0 Å². The van der Waals surface area contributed by atoms with Crippen LogP contribution in [0.2, 0.25) is 0 Å². The van der Waals surface area contributed by atoms with Crippen molar-refractivity contribution in [1.29, 1.82) is 5.26 Å². The summed E-state index contributed by atoms with van der Waals surface area (Å²) in [7, 11) is 0. The molecule has 0 saturated carbocycles. The fraction of sp³-hybridized carbons (Fsp3) is 0.414. The highest BCUT2D eigenvalue weighted by atomic mass is 16.5. The lowest BCUT2D eigenvalue weighted by Crippen LogP contribution is -2.05. The average Bonchev–Trinajstić information content (AvgIpc) is 2.86. The van der Waals surface area contributed by atoms with Crippen molar-refractivity contribution < 1.29 is 14.3 Å². The van der Waals surface area contributed by atoms with Crippen LogP contribution in [0.15, 0.2) is 65.7 Å². The molecule has 0 bridgehead atoms. The number of hydrogen-bond acceptors (Lipinski definition) is 5. The lowest BCUT2D eigenvalue weighted by molar-refractivity contribution is -0.139. The van der Waals surface area contributed by atoms with Crippen LogP contribution < -0.4 is 4.74 Å². The zero-order valence-electron chi connectivity index (χ0n) is 20.3. The molecule has 0 aliphatic carbocycles. The number of ether oxygens (including phenoxy) is 2. The number of rotatable bonds is 16. The van der Waals surface area contributed by atoms with Crippen molar-refractivity contribution in [3.63, 3.8) is 0 Å². The zero-order chi connectivity index (χ0) is 24.4. The molecule has 34 heavy (non-hydrogen) atoms. The van der Waals surface area contributed by atoms with Crippen LogP contribution in [-0.4, -0.2) is 25.4 Å². The molecule has 0 radical (unpaired) electrons. The molecule has 0 unspecified atom stereocenters. The van der Waals surface area contributed by atoms with Crippen LogP contribution in [0, 0.1) is 11.3 Å². The van der Waals surface area contributed by atoms with Gasteiger partial charge in [0.05, 0.1) is 30.5 Å². The van der Waals surface area contributed by atoms with Crippen LogP contribution >= 0.6 is 0 Å². The van der Waals surface area contributed by atoms with Gasteiger partial charge in [0.1, 0.15) is 5.75 Å². The van der Waals surface area contributed by atoms with Gasteiger partial charge in [0.25, 0.3) is 0 Å². The van der Waals surface area contributed by atoms with E-state index in [-0.39, 0.29) is 5.97 Å². The van der Waals surface area contributed by atoms with E-state index in [1.165, 1.54) is 38.5 Å². The third kappa shape index (κ3) is 11.5. The molecule has 0 N–H and O–H groups in total. The van der Waals surface area contributed by atoms with Gasteiger partial charge >= 0.3 is 5.97 Å². The first kappa shape index (κ1) is 26.9. The molecule has 0 atom stereocenters. The first-order chi connectivity index (χ1) is 16.6. The maximum atomic E-state index is 11.3. The van der Waals surface area contributed by atoms with Crippen molar-refractivity contribution in [2.45, 2.75) is 64.7 Å². The van der Waals surface area contributed by atoms with Crippen LogP contribution in [0.1, 0.15) is 75.8 Å². The molecule has 2 aromatic carbocycles. The molecular formula is C29H36N2O3. The third-order valence-electron chi connectivity index (χ3n) is 5.38. The number of hydrogen-bond donors (Lipinski definition) is 0. The first-order valence-electron chi connectivity index (χ1n) is 12.2. The second kappa shape index (κ2) is 16.3. The van der Waals surface area contributed by atoms with E-state index in [4.69, 9.17) is 14.7 Å². The summed E-state index contributed by atoms with van der Waals surface area (Å²) < 4.78 is 10.9. The summed E-state index contributed by atoms with van der Waals surface area (Å²) in [6, 6.07) is 17.2. The number of carbonyl (C=O) groups is 1. The summed E-state index contributed by atoms with van der Waals surface area (Å²) in [5.41, 5.74) is 2.92. The van der Waals surface area contributed by atoms with Crippen molar-refractivity contribution in [2.75, 3.05) is 13.2 Å². The highest BCUT2D eigenvalue weighted by molar-refractivity contribution is 5.86. The van der Waals surface area contributed by atoms with E-state index >= 15 is 0 Å². The standard InChI is InChI=1S/C29H36N2O3/c1-24(2)29(32)34-21-11-9-7-5-3-4-6-8-10-20-33-28-18-14-26(15-19-28)23-31-27-16-12-25(22-30)13-17-27/h12-19,23H,1,3-11,20-21H2,2H3. The van der Waals surface area contributed by atoms with Crippen LogP contribution in [0.4, 0.5) is 5.69 Å². The number of unbranched alkanes of at least 4 members (excludes halogenated alkanes) is 8. The Balaban J connectivity index is 1.46. The van der Waals surface area contributed by atoms with E-state index in [1.54, 1.807) is 19.1 Å². The Morgan fingerprint density at radius 3 is 2.00 bits per heavy atom. The van der Waals surface area contributed by atoms with E-state index in [1.807, 2.05) is 42.6 Å². The minimum Gasteiger partial charge on any atom is -0.494 e. The van der Waals surface area contributed by atoms with Crippen molar-refractivity contribution in [1.82, 2.24) is 0 Å². The van der Waals surface area contributed by atoms with Crippen molar-refractivity contribution in [3.8, 4) is 11.8 Å². The van der Waals surface area contributed by atoms with Crippen LogP contribution in [-0.2, 0) is 9.53 Å². The topological polar surface area (TPSA) is 71.7 Å². The second-order valence-electron chi connectivity index (χ2n) is 8.43. The lowest BCUT2D eigenvalue weighted by Gasteiger charge is -2.07. The quantitative estimate of drug-likeness (QED) is 0.114. The van der Waals surface area contributed by atoms with Gasteiger partial charge in [-0.15, -0.1) is 0 Å². The van der Waals surface area contributed by atoms with Gasteiger partial charge in [-0.1, -0.05) is 51.5 Å². The summed E-state index contributed by atoms with van der Waals surface area (Å²) in [5.74, 6) is 0.594. The average molecular weight is 461 g/mol. The fourth-order valence-electron chi connectivity index (χ4n) is 3.34. The van der Waals surface area contributed by atoms with E-state index in [9.17, 15) is 4.79 Å². The normalized spacial score (nSPS) is 10.7. The Kier molecular flexibility index (Phi) is 12.8. The molecule has 2 rings (SSSR count). The Morgan fingerprint density at radius 2 is 1.44 bits per heavy atom. The number of esters is 1. The molecule has 0 aromatic heterocycles. The summed E-state index contributed by atoms with van der Waals surface area (Å²) in [5, 5.41) is 8.84. The molecule has 180 valence electrons. The van der Waals surface area contributed by atoms with Gasteiger partial charge in [-0.3, -0.25) is 4.99 Å². The summed E-state index contributed by atoms with van der Waals surface area (Å²) in [6.07, 6.45) is 12.3. The largest absolute Gasteiger partial charge is 0.494 e. The van der Waals surface area contributed by atoms with E-state index in [0.29, 0.717) is 17.7 Å². The zero-order valence-corrected chi connectivity index (χ0v) is 20.3. The van der Waals surface area contributed by atoms with Crippen molar-refractivity contribution >= 4 is 17.9 Å². The van der Waals surface area contributed by atoms with E-state index < -0.39 is 0 Å². The van der Waals surface area contributed by atoms with Crippen molar-refractivity contribution in [3.05, 3.63) is 71.8 Å². The molecule has 0 aliphatic rings. The maximum absolute atomic E-state index is 11.3. The monoisotopic (exact) mass is 460 g/mol. The highest BCUT2D eigenvalue weighted by Gasteiger charge is 2.02. The van der Waals surface area contributed by atoms with Gasteiger partial charge in [-0.25, -0.2) is 4.79 Å². The molecule has 0 heterocycles. The summed E-state index contributed by atoms with van der Waals surface area (Å²) in [4.78, 5) is 15.7. The number of carbonyl (C=O) groups excluding carboxylic acids is 1. The van der Waals surface area contributed by atoms with Crippen LogP contribution in [0.3, 0.4) is 0 Å². The van der Waals surface area contributed by atoms with Crippen LogP contribution in [0.5, 0.6) is 5.75 Å². The molecule has 0 spiro atoms. The Morgan fingerprint density at radius 1 is 0.882 bits per heavy atom. The van der Waals surface area contributed by atoms with E-state index in [0.717, 1.165) is 42.9 Å². The van der Waals surface area contributed by atoms with Crippen molar-refractivity contribution in [2.24, 2.45) is 4.99 Å². The Hall–Kier alpha value is -3.39. The Labute approximate surface area is 204 Å². The van der Waals surface area contributed by atoms with Gasteiger partial charge in [-0.05, 0) is 73.9 Å². The van der Waals surface area contributed by atoms with E-state index in [2.05, 4.69) is 17.6 Å². The second-order valence-corrected chi connectivity index (χ2v) is 8.43. The third-order valence-corrected chi connectivity index (χ3v) is 5.38. The molecule has 0 saturated heterocycles. The number of aliphatic imine (C=N–C) groups is 1. The lowest BCUT2D eigenvalue weighted by atomic mass is 10.1. The molecular weight excluding hydrogens is 424 g/mol. The van der Waals surface area contributed by atoms with Gasteiger partial charge in [0.2, 0.25) is 0 Å². The smallest absolute Gasteiger partial charge is 0.333 e. The number of nitriles is 1. The minimum absolute atomic E-state index is 0.286. The Bertz CT molecular complexity index is 941. The first-order valence-corrected chi connectivity index (χ1v) is 12.2. The molecule has 5 heteroatoms. The fourth-order valence-corrected chi connectivity index (χ4v) is 3.34. The SMILES string of the molecule is C=C(C)C(=O)OCCCCCCCCCCCOc1ccc(C=Nc2ccc(C#N)cc2)cc1.